The lowest BCUT2D eigenvalue weighted by Crippen LogP contribution is -2.40. The van der Waals surface area contributed by atoms with Gasteiger partial charge in [0, 0.05) is 31.1 Å². The summed E-state index contributed by atoms with van der Waals surface area (Å²) in [6.07, 6.45) is 0. The zero-order valence-electron chi connectivity index (χ0n) is 9.62. The van der Waals surface area contributed by atoms with E-state index in [2.05, 4.69) is 50.1 Å². The molecular weight excluding hydrogens is 210 g/mol. The molecule has 0 radical (unpaired) electrons. The summed E-state index contributed by atoms with van der Waals surface area (Å²) in [5.74, 6) is 4.34. The number of nitrogens with zero attached hydrogens (tertiary/aromatic N) is 1. The molecule has 1 fully saturated rings. The van der Waals surface area contributed by atoms with Crippen LogP contribution in [0.15, 0.2) is 0 Å². The summed E-state index contributed by atoms with van der Waals surface area (Å²) in [6.45, 7) is 10.7. The minimum absolute atomic E-state index is 0.395. The van der Waals surface area contributed by atoms with E-state index in [0.717, 1.165) is 5.75 Å². The fraction of sp³-hybridized carbons (Fsp3) is 1.00. The Morgan fingerprint density at radius 2 is 1.86 bits per heavy atom. The molecule has 1 aliphatic heterocycles. The smallest absolute Gasteiger partial charge is 0.00728 e. The van der Waals surface area contributed by atoms with Crippen molar-refractivity contribution in [1.82, 2.24) is 4.90 Å². The summed E-state index contributed by atoms with van der Waals surface area (Å²) < 4.78 is 0. The zero-order valence-corrected chi connectivity index (χ0v) is 11.3. The number of hydrogen-bond donors (Lipinski definition) is 1. The number of thioether (sulfide) groups is 1. The van der Waals surface area contributed by atoms with E-state index in [9.17, 15) is 0 Å². The van der Waals surface area contributed by atoms with Gasteiger partial charge in [0.15, 0.2) is 0 Å². The third kappa shape index (κ3) is 4.03. The summed E-state index contributed by atoms with van der Waals surface area (Å²) in [6, 6.07) is 0. The lowest BCUT2D eigenvalue weighted by atomic mass is 9.81. The molecule has 0 spiro atoms. The Balaban J connectivity index is 2.39. The van der Waals surface area contributed by atoms with Crippen LogP contribution < -0.4 is 0 Å². The molecule has 1 saturated heterocycles. The van der Waals surface area contributed by atoms with Crippen LogP contribution in [0.1, 0.15) is 20.8 Å². The van der Waals surface area contributed by atoms with E-state index in [1.807, 2.05) is 0 Å². The minimum Gasteiger partial charge on any atom is -0.301 e. The van der Waals surface area contributed by atoms with E-state index in [1.54, 1.807) is 0 Å². The maximum absolute atomic E-state index is 4.48. The Morgan fingerprint density at radius 3 is 2.29 bits per heavy atom. The molecule has 0 aromatic rings. The topological polar surface area (TPSA) is 3.24 Å². The van der Waals surface area contributed by atoms with Crippen LogP contribution in [0.25, 0.3) is 0 Å². The molecule has 1 unspecified atom stereocenters. The fourth-order valence-corrected chi connectivity index (χ4v) is 3.34. The van der Waals surface area contributed by atoms with Gasteiger partial charge in [0.2, 0.25) is 0 Å². The van der Waals surface area contributed by atoms with Crippen LogP contribution in [0, 0.1) is 11.3 Å². The van der Waals surface area contributed by atoms with Crippen molar-refractivity contribution in [3.8, 4) is 0 Å². The average molecular weight is 233 g/mol. The normalized spacial score (nSPS) is 22.3. The molecule has 3 heteroatoms. The first-order chi connectivity index (χ1) is 6.54. The lowest BCUT2D eigenvalue weighted by molar-refractivity contribution is 0.175. The highest BCUT2D eigenvalue weighted by molar-refractivity contribution is 7.99. The van der Waals surface area contributed by atoms with E-state index in [-0.39, 0.29) is 0 Å². The first kappa shape index (κ1) is 12.7. The van der Waals surface area contributed by atoms with E-state index in [0.29, 0.717) is 11.3 Å². The second-order valence-electron chi connectivity index (χ2n) is 5.16. The van der Waals surface area contributed by atoms with Crippen molar-refractivity contribution >= 4 is 24.4 Å². The molecule has 1 heterocycles. The third-order valence-electron chi connectivity index (χ3n) is 3.03. The van der Waals surface area contributed by atoms with Crippen molar-refractivity contribution in [2.75, 3.05) is 36.9 Å². The van der Waals surface area contributed by atoms with Gasteiger partial charge in [-0.1, -0.05) is 20.8 Å². The van der Waals surface area contributed by atoms with Crippen LogP contribution in [-0.4, -0.2) is 41.8 Å². The maximum Gasteiger partial charge on any atom is 0.00728 e. The Bertz CT molecular complexity index is 159. The summed E-state index contributed by atoms with van der Waals surface area (Å²) in [4.78, 5) is 2.60. The third-order valence-corrected chi connectivity index (χ3v) is 4.41. The molecule has 0 aliphatic carbocycles. The average Bonchev–Trinajstić information content (AvgIpc) is 2.14. The Kier molecular flexibility index (Phi) is 5.15. The highest BCUT2D eigenvalue weighted by Crippen LogP contribution is 2.28. The molecule has 0 aromatic carbocycles. The molecule has 1 nitrogen and oxygen atoms in total. The fourth-order valence-electron chi connectivity index (χ4n) is 1.70. The lowest BCUT2D eigenvalue weighted by Gasteiger charge is -2.36. The standard InChI is InChI=1S/C11H23NS2/c1-11(2,3)10(9-13)8-12-4-6-14-7-5-12/h10,13H,4-9H2,1-3H3. The van der Waals surface area contributed by atoms with E-state index in [1.165, 1.54) is 31.1 Å². The van der Waals surface area contributed by atoms with Crippen LogP contribution in [0.3, 0.4) is 0 Å². The minimum atomic E-state index is 0.395. The monoisotopic (exact) mass is 233 g/mol. The molecule has 14 heavy (non-hydrogen) atoms. The molecule has 0 saturated carbocycles. The second kappa shape index (κ2) is 5.66. The largest absolute Gasteiger partial charge is 0.301 e. The molecule has 0 N–H and O–H groups in total. The van der Waals surface area contributed by atoms with Crippen LogP contribution >= 0.6 is 24.4 Å². The predicted molar refractivity (Wildman–Crippen MR) is 70.6 cm³/mol. The first-order valence-electron chi connectivity index (χ1n) is 5.45. The van der Waals surface area contributed by atoms with Crippen LogP contribution in [0.4, 0.5) is 0 Å². The van der Waals surface area contributed by atoms with Crippen molar-refractivity contribution in [3.05, 3.63) is 0 Å². The van der Waals surface area contributed by atoms with E-state index in [4.69, 9.17) is 0 Å². The SMILES string of the molecule is CC(C)(C)C(CS)CN1CCSCC1. The van der Waals surface area contributed by atoms with Crippen molar-refractivity contribution in [2.24, 2.45) is 11.3 Å². The van der Waals surface area contributed by atoms with Gasteiger partial charge in [0.05, 0.1) is 0 Å². The van der Waals surface area contributed by atoms with Gasteiger partial charge in [-0.2, -0.15) is 24.4 Å². The Morgan fingerprint density at radius 1 is 1.29 bits per heavy atom. The van der Waals surface area contributed by atoms with Gasteiger partial charge in [-0.05, 0) is 17.1 Å². The number of rotatable bonds is 3. The molecule has 84 valence electrons. The van der Waals surface area contributed by atoms with E-state index >= 15 is 0 Å². The van der Waals surface area contributed by atoms with Gasteiger partial charge in [-0.15, -0.1) is 0 Å². The van der Waals surface area contributed by atoms with E-state index < -0.39 is 0 Å². The molecular formula is C11H23NS2. The quantitative estimate of drug-likeness (QED) is 0.747. The molecule has 0 bridgehead atoms. The number of thiol groups is 1. The van der Waals surface area contributed by atoms with Crippen molar-refractivity contribution in [1.29, 1.82) is 0 Å². The van der Waals surface area contributed by atoms with Gasteiger partial charge in [0.1, 0.15) is 0 Å². The molecule has 0 aromatic heterocycles. The number of hydrogen-bond acceptors (Lipinski definition) is 3. The summed E-state index contributed by atoms with van der Waals surface area (Å²) in [7, 11) is 0. The van der Waals surface area contributed by atoms with Crippen molar-refractivity contribution < 1.29 is 0 Å². The second-order valence-corrected chi connectivity index (χ2v) is 6.75. The van der Waals surface area contributed by atoms with Gasteiger partial charge < -0.3 is 4.90 Å². The van der Waals surface area contributed by atoms with Crippen molar-refractivity contribution in [2.45, 2.75) is 20.8 Å². The Labute approximate surface area is 98.4 Å². The highest BCUT2D eigenvalue weighted by Gasteiger charge is 2.25. The van der Waals surface area contributed by atoms with Gasteiger partial charge in [-0.3, -0.25) is 0 Å². The first-order valence-corrected chi connectivity index (χ1v) is 7.23. The maximum atomic E-state index is 4.48. The molecule has 1 atom stereocenters. The highest BCUT2D eigenvalue weighted by atomic mass is 32.2. The molecule has 1 rings (SSSR count). The van der Waals surface area contributed by atoms with Crippen LogP contribution in [0.2, 0.25) is 0 Å². The predicted octanol–water partition coefficient (Wildman–Crippen LogP) is 2.63. The Hall–Kier alpha value is 0.660. The van der Waals surface area contributed by atoms with Gasteiger partial charge in [-0.25, -0.2) is 0 Å². The summed E-state index contributed by atoms with van der Waals surface area (Å²) in [5, 5.41) is 0. The zero-order chi connectivity index (χ0) is 10.6. The summed E-state index contributed by atoms with van der Waals surface area (Å²) in [5.41, 5.74) is 0.395. The summed E-state index contributed by atoms with van der Waals surface area (Å²) >= 11 is 6.56. The van der Waals surface area contributed by atoms with Crippen LogP contribution in [-0.2, 0) is 0 Å². The van der Waals surface area contributed by atoms with Gasteiger partial charge in [0.25, 0.3) is 0 Å². The van der Waals surface area contributed by atoms with Crippen molar-refractivity contribution in [3.63, 3.8) is 0 Å². The molecule has 0 amide bonds. The van der Waals surface area contributed by atoms with Crippen LogP contribution in [0.5, 0.6) is 0 Å². The molecule has 1 aliphatic rings. The van der Waals surface area contributed by atoms with Gasteiger partial charge >= 0.3 is 0 Å².